The number of carbonyl (C=O) groups is 2. The normalized spacial score (nSPS) is 15.1. The Morgan fingerprint density at radius 3 is 2.60 bits per heavy atom. The van der Waals surface area contributed by atoms with Crippen LogP contribution >= 0.6 is 11.6 Å². The van der Waals surface area contributed by atoms with Crippen LogP contribution in [0.25, 0.3) is 0 Å². The summed E-state index contributed by atoms with van der Waals surface area (Å²) in [6.45, 7) is 6.86. The lowest BCUT2D eigenvalue weighted by molar-refractivity contribution is -0.140. The minimum Gasteiger partial charge on any atom is -0.492 e. The molecule has 0 aliphatic carbocycles. The average molecular weight is 367 g/mol. The number of piperidine rings is 1. The topological polar surface area (TPSA) is 49.9 Å². The number of nitrogens with zero attached hydrogens (tertiary/aromatic N) is 2. The molecular formula is C19H27ClN2O3. The van der Waals surface area contributed by atoms with E-state index >= 15 is 0 Å². The first-order valence-corrected chi connectivity index (χ1v) is 9.37. The van der Waals surface area contributed by atoms with Crippen LogP contribution in [-0.2, 0) is 9.59 Å². The molecule has 1 aliphatic heterocycles. The van der Waals surface area contributed by atoms with E-state index < -0.39 is 0 Å². The van der Waals surface area contributed by atoms with Gasteiger partial charge in [-0.1, -0.05) is 24.6 Å². The summed E-state index contributed by atoms with van der Waals surface area (Å²) in [7, 11) is 0. The van der Waals surface area contributed by atoms with Gasteiger partial charge in [-0.05, 0) is 38.0 Å². The first kappa shape index (κ1) is 19.6. The summed E-state index contributed by atoms with van der Waals surface area (Å²) in [6, 6.07) is 7.25. The molecule has 138 valence electrons. The van der Waals surface area contributed by atoms with Crippen molar-refractivity contribution in [2.45, 2.75) is 33.1 Å². The highest BCUT2D eigenvalue weighted by Crippen LogP contribution is 2.21. The van der Waals surface area contributed by atoms with Crippen LogP contribution in [0.2, 0.25) is 5.02 Å². The minimum atomic E-state index is 0.00651. The molecule has 6 heteroatoms. The molecule has 2 amide bonds. The highest BCUT2D eigenvalue weighted by molar-refractivity contribution is 6.30. The van der Waals surface area contributed by atoms with Crippen molar-refractivity contribution in [2.24, 2.45) is 5.92 Å². The van der Waals surface area contributed by atoms with Crippen molar-refractivity contribution >= 4 is 23.4 Å². The van der Waals surface area contributed by atoms with Crippen LogP contribution in [0.1, 0.15) is 33.1 Å². The van der Waals surface area contributed by atoms with Crippen LogP contribution in [0.15, 0.2) is 24.3 Å². The summed E-state index contributed by atoms with van der Waals surface area (Å²) >= 11 is 5.94. The second-order valence-corrected chi connectivity index (χ2v) is 6.67. The zero-order valence-corrected chi connectivity index (χ0v) is 15.8. The number of benzene rings is 1. The Balaban J connectivity index is 1.80. The number of ether oxygens (including phenoxy) is 1. The summed E-state index contributed by atoms with van der Waals surface area (Å²) in [5, 5.41) is 0.634. The van der Waals surface area contributed by atoms with Gasteiger partial charge in [0.2, 0.25) is 11.8 Å². The lowest BCUT2D eigenvalue weighted by Gasteiger charge is -2.34. The largest absolute Gasteiger partial charge is 0.492 e. The van der Waals surface area contributed by atoms with Gasteiger partial charge in [0.1, 0.15) is 12.4 Å². The molecule has 5 nitrogen and oxygen atoms in total. The summed E-state index contributed by atoms with van der Waals surface area (Å²) < 4.78 is 5.69. The van der Waals surface area contributed by atoms with Gasteiger partial charge in [0.15, 0.2) is 0 Å². The molecule has 1 fully saturated rings. The fourth-order valence-corrected chi connectivity index (χ4v) is 3.29. The van der Waals surface area contributed by atoms with Gasteiger partial charge in [0, 0.05) is 37.0 Å². The number of likely N-dealkylation sites (N-methyl/N-ethyl adjacent to an activating group) is 1. The predicted molar refractivity (Wildman–Crippen MR) is 98.8 cm³/mol. The van der Waals surface area contributed by atoms with Crippen LogP contribution in [-0.4, -0.2) is 54.4 Å². The zero-order chi connectivity index (χ0) is 18.2. The highest BCUT2D eigenvalue weighted by Gasteiger charge is 2.29. The maximum Gasteiger partial charge on any atom is 0.225 e. The van der Waals surface area contributed by atoms with Crippen LogP contribution in [0.4, 0.5) is 0 Å². The molecule has 0 spiro atoms. The Morgan fingerprint density at radius 1 is 1.28 bits per heavy atom. The van der Waals surface area contributed by atoms with Gasteiger partial charge in [-0.2, -0.15) is 0 Å². The maximum absolute atomic E-state index is 12.7. The Hall–Kier alpha value is -1.75. The van der Waals surface area contributed by atoms with E-state index in [-0.39, 0.29) is 17.7 Å². The van der Waals surface area contributed by atoms with Gasteiger partial charge in [-0.15, -0.1) is 0 Å². The Bertz CT molecular complexity index is 586. The van der Waals surface area contributed by atoms with Crippen molar-refractivity contribution in [3.63, 3.8) is 0 Å². The van der Waals surface area contributed by atoms with E-state index in [4.69, 9.17) is 16.3 Å². The lowest BCUT2D eigenvalue weighted by atomic mass is 9.95. The van der Waals surface area contributed by atoms with E-state index in [1.54, 1.807) is 12.1 Å². The number of halogens is 1. The maximum atomic E-state index is 12.7. The zero-order valence-electron chi connectivity index (χ0n) is 15.0. The molecule has 0 atom stereocenters. The second-order valence-electron chi connectivity index (χ2n) is 6.23. The van der Waals surface area contributed by atoms with Gasteiger partial charge < -0.3 is 14.5 Å². The van der Waals surface area contributed by atoms with Gasteiger partial charge in [0.05, 0.1) is 6.54 Å². The first-order valence-electron chi connectivity index (χ1n) is 9.00. The number of likely N-dealkylation sites (tertiary alicyclic amines) is 1. The lowest BCUT2D eigenvalue weighted by Crippen LogP contribution is -2.45. The smallest absolute Gasteiger partial charge is 0.225 e. The summed E-state index contributed by atoms with van der Waals surface area (Å²) in [5.41, 5.74) is 0. The summed E-state index contributed by atoms with van der Waals surface area (Å²) in [5.74, 6) is 1.06. The number of hydrogen-bond donors (Lipinski definition) is 0. The predicted octanol–water partition coefficient (Wildman–Crippen LogP) is 3.22. The molecular weight excluding hydrogens is 340 g/mol. The molecule has 0 unspecified atom stereocenters. The number of rotatable bonds is 7. The van der Waals surface area contributed by atoms with Gasteiger partial charge in [-0.3, -0.25) is 9.59 Å². The van der Waals surface area contributed by atoms with E-state index in [1.165, 1.54) is 0 Å². The van der Waals surface area contributed by atoms with Crippen molar-refractivity contribution in [3.8, 4) is 5.75 Å². The number of amides is 2. The Labute approximate surface area is 154 Å². The van der Waals surface area contributed by atoms with E-state index in [0.717, 1.165) is 12.8 Å². The Kier molecular flexibility index (Phi) is 7.56. The molecule has 0 bridgehead atoms. The van der Waals surface area contributed by atoms with Gasteiger partial charge in [0.25, 0.3) is 0 Å². The standard InChI is InChI=1S/C19H27ClN2O3/c1-3-18(23)22-10-8-15(9-11-22)19(24)21(4-2)12-13-25-17-7-5-6-16(20)14-17/h5-7,14-15H,3-4,8-13H2,1-2H3. The third-order valence-electron chi connectivity index (χ3n) is 4.62. The summed E-state index contributed by atoms with van der Waals surface area (Å²) in [4.78, 5) is 28.2. The van der Waals surface area contributed by atoms with Crippen molar-refractivity contribution in [3.05, 3.63) is 29.3 Å². The van der Waals surface area contributed by atoms with E-state index in [0.29, 0.717) is 50.0 Å². The fraction of sp³-hybridized carbons (Fsp3) is 0.579. The quantitative estimate of drug-likeness (QED) is 0.744. The molecule has 1 aromatic carbocycles. The average Bonchev–Trinajstić information content (AvgIpc) is 2.64. The van der Waals surface area contributed by atoms with Crippen molar-refractivity contribution in [2.75, 3.05) is 32.8 Å². The molecule has 0 N–H and O–H groups in total. The van der Waals surface area contributed by atoms with E-state index in [1.807, 2.05) is 35.8 Å². The summed E-state index contributed by atoms with van der Waals surface area (Å²) in [6.07, 6.45) is 2.02. The minimum absolute atomic E-state index is 0.00651. The van der Waals surface area contributed by atoms with Crippen LogP contribution in [0.3, 0.4) is 0 Å². The molecule has 0 saturated carbocycles. The van der Waals surface area contributed by atoms with Crippen molar-refractivity contribution < 1.29 is 14.3 Å². The monoisotopic (exact) mass is 366 g/mol. The third-order valence-corrected chi connectivity index (χ3v) is 4.85. The van der Waals surface area contributed by atoms with Gasteiger partial charge >= 0.3 is 0 Å². The molecule has 0 radical (unpaired) electrons. The molecule has 1 aliphatic rings. The SMILES string of the molecule is CCC(=O)N1CCC(C(=O)N(CC)CCOc2cccc(Cl)c2)CC1. The molecule has 1 heterocycles. The number of carbonyl (C=O) groups excluding carboxylic acids is 2. The van der Waals surface area contributed by atoms with Crippen LogP contribution in [0.5, 0.6) is 5.75 Å². The molecule has 1 saturated heterocycles. The fourth-order valence-electron chi connectivity index (χ4n) is 3.11. The third kappa shape index (κ3) is 5.63. The van der Waals surface area contributed by atoms with Crippen LogP contribution < -0.4 is 4.74 Å². The van der Waals surface area contributed by atoms with Crippen LogP contribution in [0, 0.1) is 5.92 Å². The van der Waals surface area contributed by atoms with Crippen molar-refractivity contribution in [1.29, 1.82) is 0 Å². The first-order chi connectivity index (χ1) is 12.0. The Morgan fingerprint density at radius 2 is 2.00 bits per heavy atom. The second kappa shape index (κ2) is 9.66. The van der Waals surface area contributed by atoms with E-state index in [9.17, 15) is 9.59 Å². The van der Waals surface area contributed by atoms with Crippen molar-refractivity contribution in [1.82, 2.24) is 9.80 Å². The number of hydrogen-bond acceptors (Lipinski definition) is 3. The highest BCUT2D eigenvalue weighted by atomic mass is 35.5. The molecule has 1 aromatic rings. The molecule has 2 rings (SSSR count). The molecule has 25 heavy (non-hydrogen) atoms. The van der Waals surface area contributed by atoms with Gasteiger partial charge in [-0.25, -0.2) is 0 Å². The molecule has 0 aromatic heterocycles. The van der Waals surface area contributed by atoms with E-state index in [2.05, 4.69) is 0 Å².